The zero-order valence-corrected chi connectivity index (χ0v) is 11.4. The normalized spacial score (nSPS) is 19.2. The SMILES string of the molecule is Brc1cncnc1N1CCCC1c1ccncc1. The van der Waals surface area contributed by atoms with E-state index >= 15 is 0 Å². The summed E-state index contributed by atoms with van der Waals surface area (Å²) in [5.41, 5.74) is 1.30. The average molecular weight is 305 g/mol. The molecule has 5 heteroatoms. The molecule has 0 aromatic carbocycles. The maximum atomic E-state index is 4.39. The molecule has 1 atom stereocenters. The van der Waals surface area contributed by atoms with Crippen molar-refractivity contribution in [3.63, 3.8) is 0 Å². The molecule has 1 saturated heterocycles. The summed E-state index contributed by atoms with van der Waals surface area (Å²) >= 11 is 3.53. The van der Waals surface area contributed by atoms with Gasteiger partial charge in [0, 0.05) is 25.1 Å². The average Bonchev–Trinajstić information content (AvgIpc) is 2.89. The van der Waals surface area contributed by atoms with Gasteiger partial charge in [0.25, 0.3) is 0 Å². The number of anilines is 1. The van der Waals surface area contributed by atoms with E-state index in [1.165, 1.54) is 12.0 Å². The molecule has 0 radical (unpaired) electrons. The monoisotopic (exact) mass is 304 g/mol. The maximum absolute atomic E-state index is 4.39. The summed E-state index contributed by atoms with van der Waals surface area (Å²) in [6.07, 6.45) is 9.43. The minimum absolute atomic E-state index is 0.388. The van der Waals surface area contributed by atoms with Crippen LogP contribution >= 0.6 is 15.9 Å². The first kappa shape index (κ1) is 11.6. The van der Waals surface area contributed by atoms with E-state index < -0.39 is 0 Å². The number of rotatable bonds is 2. The summed E-state index contributed by atoms with van der Waals surface area (Å²) in [6, 6.07) is 4.55. The van der Waals surface area contributed by atoms with Crippen LogP contribution in [0.5, 0.6) is 0 Å². The van der Waals surface area contributed by atoms with Gasteiger partial charge in [-0.3, -0.25) is 4.98 Å². The number of pyridine rings is 1. The van der Waals surface area contributed by atoms with Crippen LogP contribution in [0.4, 0.5) is 5.82 Å². The van der Waals surface area contributed by atoms with Gasteiger partial charge in [0.15, 0.2) is 0 Å². The van der Waals surface area contributed by atoms with Gasteiger partial charge in [-0.25, -0.2) is 9.97 Å². The Balaban J connectivity index is 1.95. The van der Waals surface area contributed by atoms with Crippen LogP contribution in [-0.2, 0) is 0 Å². The van der Waals surface area contributed by atoms with Gasteiger partial charge in [-0.1, -0.05) is 0 Å². The van der Waals surface area contributed by atoms with Crippen LogP contribution in [0.15, 0.2) is 41.5 Å². The second kappa shape index (κ2) is 5.02. The Morgan fingerprint density at radius 3 is 2.83 bits per heavy atom. The lowest BCUT2D eigenvalue weighted by Crippen LogP contribution is -2.24. The summed E-state index contributed by atoms with van der Waals surface area (Å²) in [7, 11) is 0. The van der Waals surface area contributed by atoms with Crippen molar-refractivity contribution in [1.82, 2.24) is 15.0 Å². The topological polar surface area (TPSA) is 41.9 Å². The molecule has 3 rings (SSSR count). The third-order valence-corrected chi connectivity index (χ3v) is 3.82. The molecule has 0 spiro atoms. The molecule has 0 saturated carbocycles. The van der Waals surface area contributed by atoms with Gasteiger partial charge in [0.05, 0.1) is 10.5 Å². The van der Waals surface area contributed by atoms with E-state index in [9.17, 15) is 0 Å². The quantitative estimate of drug-likeness (QED) is 0.855. The number of aromatic nitrogens is 3. The predicted octanol–water partition coefficient (Wildman–Crippen LogP) is 2.98. The van der Waals surface area contributed by atoms with E-state index in [-0.39, 0.29) is 0 Å². The van der Waals surface area contributed by atoms with Crippen molar-refractivity contribution in [3.8, 4) is 0 Å². The first-order chi connectivity index (χ1) is 8.86. The molecular weight excluding hydrogens is 292 g/mol. The molecule has 3 heterocycles. The van der Waals surface area contributed by atoms with Crippen LogP contribution in [0.1, 0.15) is 24.4 Å². The largest absolute Gasteiger partial charge is 0.349 e. The van der Waals surface area contributed by atoms with Gasteiger partial charge in [-0.05, 0) is 46.5 Å². The van der Waals surface area contributed by atoms with E-state index in [4.69, 9.17) is 0 Å². The van der Waals surface area contributed by atoms with E-state index in [0.717, 1.165) is 23.3 Å². The van der Waals surface area contributed by atoms with Crippen molar-refractivity contribution in [2.75, 3.05) is 11.4 Å². The van der Waals surface area contributed by atoms with E-state index in [1.54, 1.807) is 12.5 Å². The number of halogens is 1. The van der Waals surface area contributed by atoms with Crippen molar-refractivity contribution in [3.05, 3.63) is 47.1 Å². The number of hydrogen-bond acceptors (Lipinski definition) is 4. The van der Waals surface area contributed by atoms with Gasteiger partial charge < -0.3 is 4.90 Å². The lowest BCUT2D eigenvalue weighted by atomic mass is 10.1. The lowest BCUT2D eigenvalue weighted by Gasteiger charge is -2.26. The summed E-state index contributed by atoms with van der Waals surface area (Å²) < 4.78 is 0.950. The number of hydrogen-bond donors (Lipinski definition) is 0. The fourth-order valence-corrected chi connectivity index (χ4v) is 2.92. The van der Waals surface area contributed by atoms with E-state index in [0.29, 0.717) is 6.04 Å². The van der Waals surface area contributed by atoms with Crippen LogP contribution < -0.4 is 4.90 Å². The minimum Gasteiger partial charge on any atom is -0.349 e. The summed E-state index contributed by atoms with van der Waals surface area (Å²) in [5.74, 6) is 0.976. The Morgan fingerprint density at radius 2 is 2.06 bits per heavy atom. The molecule has 92 valence electrons. The van der Waals surface area contributed by atoms with Gasteiger partial charge in [0.2, 0.25) is 0 Å². The fraction of sp³-hybridized carbons (Fsp3) is 0.308. The molecule has 1 fully saturated rings. The van der Waals surface area contributed by atoms with Crippen molar-refractivity contribution in [1.29, 1.82) is 0 Å². The number of nitrogens with zero attached hydrogens (tertiary/aromatic N) is 4. The predicted molar refractivity (Wildman–Crippen MR) is 73.3 cm³/mol. The molecule has 0 N–H and O–H groups in total. The Labute approximate surface area is 114 Å². The molecule has 18 heavy (non-hydrogen) atoms. The molecule has 2 aromatic heterocycles. The highest BCUT2D eigenvalue weighted by atomic mass is 79.9. The Morgan fingerprint density at radius 1 is 1.22 bits per heavy atom. The second-order valence-electron chi connectivity index (χ2n) is 4.33. The Bertz CT molecular complexity index is 532. The smallest absolute Gasteiger partial charge is 0.146 e. The van der Waals surface area contributed by atoms with Crippen LogP contribution in [0.2, 0.25) is 0 Å². The maximum Gasteiger partial charge on any atom is 0.146 e. The van der Waals surface area contributed by atoms with Crippen molar-refractivity contribution >= 4 is 21.7 Å². The molecule has 1 aliphatic heterocycles. The van der Waals surface area contributed by atoms with Crippen LogP contribution in [0.25, 0.3) is 0 Å². The Hall–Kier alpha value is -1.49. The lowest BCUT2D eigenvalue weighted by molar-refractivity contribution is 0.707. The summed E-state index contributed by atoms with van der Waals surface area (Å²) in [6.45, 7) is 1.03. The second-order valence-corrected chi connectivity index (χ2v) is 5.18. The van der Waals surface area contributed by atoms with Gasteiger partial charge >= 0.3 is 0 Å². The standard InChI is InChI=1S/C13H13BrN4/c14-11-8-16-9-17-13(11)18-7-1-2-12(18)10-3-5-15-6-4-10/h3-6,8-9,12H,1-2,7H2. The first-order valence-electron chi connectivity index (χ1n) is 5.98. The van der Waals surface area contributed by atoms with Gasteiger partial charge in [0.1, 0.15) is 12.1 Å². The molecule has 2 aromatic rings. The fourth-order valence-electron chi connectivity index (χ4n) is 2.47. The molecule has 0 bridgehead atoms. The minimum atomic E-state index is 0.388. The van der Waals surface area contributed by atoms with Crippen molar-refractivity contribution < 1.29 is 0 Å². The van der Waals surface area contributed by atoms with E-state index in [2.05, 4.69) is 47.9 Å². The molecule has 0 aliphatic carbocycles. The van der Waals surface area contributed by atoms with Crippen LogP contribution in [-0.4, -0.2) is 21.5 Å². The highest BCUT2D eigenvalue weighted by Crippen LogP contribution is 2.37. The third-order valence-electron chi connectivity index (χ3n) is 3.26. The van der Waals surface area contributed by atoms with Crippen molar-refractivity contribution in [2.45, 2.75) is 18.9 Å². The molecule has 1 aliphatic rings. The Kier molecular flexibility index (Phi) is 3.23. The van der Waals surface area contributed by atoms with Gasteiger partial charge in [-0.15, -0.1) is 0 Å². The molecule has 1 unspecified atom stereocenters. The van der Waals surface area contributed by atoms with Crippen LogP contribution in [0.3, 0.4) is 0 Å². The zero-order chi connectivity index (χ0) is 12.4. The summed E-state index contributed by atoms with van der Waals surface area (Å²) in [4.78, 5) is 14.8. The highest BCUT2D eigenvalue weighted by molar-refractivity contribution is 9.10. The third kappa shape index (κ3) is 2.10. The highest BCUT2D eigenvalue weighted by Gasteiger charge is 2.28. The molecular formula is C13H13BrN4. The zero-order valence-electron chi connectivity index (χ0n) is 9.83. The van der Waals surface area contributed by atoms with Crippen LogP contribution in [0, 0.1) is 0 Å². The molecule has 4 nitrogen and oxygen atoms in total. The van der Waals surface area contributed by atoms with Crippen molar-refractivity contribution in [2.24, 2.45) is 0 Å². The molecule has 0 amide bonds. The van der Waals surface area contributed by atoms with E-state index in [1.807, 2.05) is 12.4 Å². The van der Waals surface area contributed by atoms with Gasteiger partial charge in [-0.2, -0.15) is 0 Å². The summed E-state index contributed by atoms with van der Waals surface area (Å²) in [5, 5.41) is 0. The first-order valence-corrected chi connectivity index (χ1v) is 6.77.